The molecule has 0 radical (unpaired) electrons. The summed E-state index contributed by atoms with van der Waals surface area (Å²) in [5, 5.41) is 25.1. The van der Waals surface area contributed by atoms with Crippen molar-refractivity contribution in [3.63, 3.8) is 0 Å². The first-order chi connectivity index (χ1) is 16.5. The van der Waals surface area contributed by atoms with Crippen molar-refractivity contribution in [1.29, 1.82) is 10.5 Å². The van der Waals surface area contributed by atoms with Gasteiger partial charge in [-0.3, -0.25) is 0 Å². The molecule has 0 aromatic heterocycles. The Bertz CT molecular complexity index is 1010. The Morgan fingerprint density at radius 2 is 1.12 bits per heavy atom. The Hall–Kier alpha value is -4.56. The van der Waals surface area contributed by atoms with Gasteiger partial charge in [-0.05, 0) is 25.0 Å². The topological polar surface area (TPSA) is 124 Å². The maximum Gasteiger partial charge on any atom is 0.350 e. The van der Waals surface area contributed by atoms with E-state index in [1.54, 1.807) is 13.8 Å². The second kappa shape index (κ2) is 13.8. The maximum atomic E-state index is 12.1. The van der Waals surface area contributed by atoms with Crippen molar-refractivity contribution in [2.24, 2.45) is 0 Å². The van der Waals surface area contributed by atoms with E-state index in [9.17, 15) is 20.1 Å². The molecule has 0 aliphatic heterocycles. The van der Waals surface area contributed by atoms with Gasteiger partial charge < -0.3 is 20.1 Å². The molecule has 34 heavy (non-hydrogen) atoms. The van der Waals surface area contributed by atoms with E-state index in [-0.39, 0.29) is 24.4 Å². The summed E-state index contributed by atoms with van der Waals surface area (Å²) in [6.07, 6.45) is 2.63. The van der Waals surface area contributed by atoms with Crippen molar-refractivity contribution in [1.82, 2.24) is 10.6 Å². The molecule has 174 valence electrons. The number of hydrogen-bond donors (Lipinski definition) is 2. The van der Waals surface area contributed by atoms with Gasteiger partial charge >= 0.3 is 11.9 Å². The van der Waals surface area contributed by atoms with E-state index < -0.39 is 24.0 Å². The van der Waals surface area contributed by atoms with Crippen molar-refractivity contribution in [2.75, 3.05) is 13.2 Å². The Kier molecular flexibility index (Phi) is 10.4. The van der Waals surface area contributed by atoms with E-state index in [1.807, 2.05) is 72.8 Å². The number of nitriles is 2. The van der Waals surface area contributed by atoms with Gasteiger partial charge in [-0.15, -0.1) is 0 Å². The fraction of sp³-hybridized carbons (Fsp3) is 0.231. The van der Waals surface area contributed by atoms with Crippen LogP contribution in [0.5, 0.6) is 0 Å². The Morgan fingerprint density at radius 3 is 1.41 bits per heavy atom. The molecule has 0 heterocycles. The number of hydrogen-bond acceptors (Lipinski definition) is 8. The lowest BCUT2D eigenvalue weighted by atomic mass is 9.93. The van der Waals surface area contributed by atoms with E-state index in [0.717, 1.165) is 11.1 Å². The van der Waals surface area contributed by atoms with Gasteiger partial charge in [0.25, 0.3) is 0 Å². The molecule has 0 aliphatic carbocycles. The largest absolute Gasteiger partial charge is 0.462 e. The standard InChI is InChI=1S/C26H26N4O4/c1-3-33-25(31)21(15-27)17-29-23(19-11-7-5-8-12-19)24(20-13-9-6-10-14-20)30-18-22(16-28)26(32)34-4-2/h5-14,17-18,23-24,29-30H,3-4H2,1-2H3/b21-17+,22-18+. The van der Waals surface area contributed by atoms with Crippen molar-refractivity contribution < 1.29 is 19.1 Å². The van der Waals surface area contributed by atoms with Gasteiger partial charge in [0.2, 0.25) is 0 Å². The van der Waals surface area contributed by atoms with Crippen LogP contribution in [0.25, 0.3) is 0 Å². The summed E-state index contributed by atoms with van der Waals surface area (Å²) in [4.78, 5) is 24.2. The summed E-state index contributed by atoms with van der Waals surface area (Å²) < 4.78 is 9.88. The number of benzene rings is 2. The highest BCUT2D eigenvalue weighted by molar-refractivity contribution is 5.93. The van der Waals surface area contributed by atoms with Gasteiger partial charge in [-0.25, -0.2) is 9.59 Å². The normalized spacial score (nSPS) is 12.9. The smallest absolute Gasteiger partial charge is 0.350 e. The number of ether oxygens (including phenoxy) is 2. The Balaban J connectivity index is 2.52. The van der Waals surface area contributed by atoms with Crippen LogP contribution in [0.2, 0.25) is 0 Å². The predicted molar refractivity (Wildman–Crippen MR) is 125 cm³/mol. The number of carbonyl (C=O) groups is 2. The fourth-order valence-corrected chi connectivity index (χ4v) is 3.13. The quantitative estimate of drug-likeness (QED) is 0.297. The summed E-state index contributed by atoms with van der Waals surface area (Å²) in [6, 6.07) is 21.4. The molecule has 2 atom stereocenters. The van der Waals surface area contributed by atoms with E-state index in [1.165, 1.54) is 12.4 Å². The minimum Gasteiger partial charge on any atom is -0.462 e. The van der Waals surface area contributed by atoms with Crippen molar-refractivity contribution >= 4 is 11.9 Å². The molecule has 2 N–H and O–H groups in total. The molecule has 2 aromatic carbocycles. The molecule has 8 nitrogen and oxygen atoms in total. The molecule has 0 spiro atoms. The van der Waals surface area contributed by atoms with E-state index in [0.29, 0.717) is 0 Å². The van der Waals surface area contributed by atoms with Crippen LogP contribution >= 0.6 is 0 Å². The number of nitrogens with zero attached hydrogens (tertiary/aromatic N) is 2. The zero-order chi connectivity index (χ0) is 24.8. The lowest BCUT2D eigenvalue weighted by Gasteiger charge is -2.29. The third kappa shape index (κ3) is 7.25. The minimum absolute atomic E-state index is 0.143. The van der Waals surface area contributed by atoms with Gasteiger partial charge in [0.15, 0.2) is 11.1 Å². The second-order valence-electron chi connectivity index (χ2n) is 6.89. The molecule has 0 amide bonds. The zero-order valence-corrected chi connectivity index (χ0v) is 19.0. The zero-order valence-electron chi connectivity index (χ0n) is 19.0. The Morgan fingerprint density at radius 1 is 0.765 bits per heavy atom. The highest BCUT2D eigenvalue weighted by Crippen LogP contribution is 2.29. The van der Waals surface area contributed by atoms with Crippen LogP contribution in [0.1, 0.15) is 37.1 Å². The fourth-order valence-electron chi connectivity index (χ4n) is 3.13. The van der Waals surface area contributed by atoms with Crippen molar-refractivity contribution in [2.45, 2.75) is 25.9 Å². The van der Waals surface area contributed by atoms with Crippen molar-refractivity contribution in [3.05, 3.63) is 95.3 Å². The molecule has 2 aromatic rings. The molecule has 0 fully saturated rings. The number of carbonyl (C=O) groups excluding carboxylic acids is 2. The maximum absolute atomic E-state index is 12.1. The molecule has 2 rings (SSSR count). The average Bonchev–Trinajstić information content (AvgIpc) is 2.86. The summed E-state index contributed by atoms with van der Waals surface area (Å²) in [5.74, 6) is -1.47. The SMILES string of the molecule is CCOC(=O)/C(C#N)=C/NC(c1ccccc1)C(N/C=C(\C#N)C(=O)OCC)c1ccccc1. The first-order valence-corrected chi connectivity index (χ1v) is 10.7. The van der Waals surface area contributed by atoms with Crippen LogP contribution in [0.4, 0.5) is 0 Å². The molecule has 0 saturated carbocycles. The lowest BCUT2D eigenvalue weighted by molar-refractivity contribution is -0.139. The molecule has 2 unspecified atom stereocenters. The van der Waals surface area contributed by atoms with Gasteiger partial charge in [0.1, 0.15) is 12.1 Å². The Labute approximate surface area is 199 Å². The summed E-state index contributed by atoms with van der Waals surface area (Å²) in [6.45, 7) is 3.60. The van der Waals surface area contributed by atoms with Gasteiger partial charge in [-0.1, -0.05) is 60.7 Å². The van der Waals surface area contributed by atoms with Crippen LogP contribution in [0, 0.1) is 22.7 Å². The van der Waals surface area contributed by atoms with E-state index in [4.69, 9.17) is 9.47 Å². The summed E-state index contributed by atoms with van der Waals surface area (Å²) >= 11 is 0. The minimum atomic E-state index is -0.734. The van der Waals surface area contributed by atoms with Crippen LogP contribution in [-0.4, -0.2) is 25.2 Å². The monoisotopic (exact) mass is 458 g/mol. The van der Waals surface area contributed by atoms with Gasteiger partial charge in [-0.2, -0.15) is 10.5 Å². The first-order valence-electron chi connectivity index (χ1n) is 10.7. The summed E-state index contributed by atoms with van der Waals surface area (Å²) in [5.41, 5.74) is 1.30. The van der Waals surface area contributed by atoms with Crippen LogP contribution in [-0.2, 0) is 19.1 Å². The average molecular weight is 459 g/mol. The second-order valence-corrected chi connectivity index (χ2v) is 6.89. The van der Waals surface area contributed by atoms with Crippen LogP contribution in [0.15, 0.2) is 84.2 Å². The van der Waals surface area contributed by atoms with Crippen LogP contribution in [0.3, 0.4) is 0 Å². The molecule has 0 aliphatic rings. The number of nitrogens with one attached hydrogen (secondary N) is 2. The van der Waals surface area contributed by atoms with Gasteiger partial charge in [0.05, 0.1) is 25.3 Å². The number of rotatable bonds is 11. The molecule has 8 heteroatoms. The predicted octanol–water partition coefficient (Wildman–Crippen LogP) is 3.59. The molecular formula is C26H26N4O4. The van der Waals surface area contributed by atoms with E-state index >= 15 is 0 Å². The number of esters is 2. The summed E-state index contributed by atoms with van der Waals surface area (Å²) in [7, 11) is 0. The molecule has 0 saturated heterocycles. The van der Waals surface area contributed by atoms with Gasteiger partial charge in [0, 0.05) is 12.4 Å². The third-order valence-electron chi connectivity index (χ3n) is 4.70. The molecular weight excluding hydrogens is 432 g/mol. The van der Waals surface area contributed by atoms with Crippen molar-refractivity contribution in [3.8, 4) is 12.1 Å². The molecule has 0 bridgehead atoms. The van der Waals surface area contributed by atoms with E-state index in [2.05, 4.69) is 10.6 Å². The highest BCUT2D eigenvalue weighted by Gasteiger charge is 2.25. The third-order valence-corrected chi connectivity index (χ3v) is 4.70. The first kappa shape index (κ1) is 25.7. The lowest BCUT2D eigenvalue weighted by Crippen LogP contribution is -2.32. The van der Waals surface area contributed by atoms with Crippen LogP contribution < -0.4 is 10.6 Å². The highest BCUT2D eigenvalue weighted by atomic mass is 16.5.